The Kier molecular flexibility index (Phi) is 9.74. The van der Waals surface area contributed by atoms with Gasteiger partial charge in [-0.1, -0.05) is 44.7 Å². The van der Waals surface area contributed by atoms with Gasteiger partial charge < -0.3 is 15.7 Å². The lowest BCUT2D eigenvalue weighted by molar-refractivity contribution is -0.384. The van der Waals surface area contributed by atoms with E-state index in [0.717, 1.165) is 31.7 Å². The van der Waals surface area contributed by atoms with Crippen LogP contribution in [0.5, 0.6) is 0 Å². The Balaban J connectivity index is 2.69. The summed E-state index contributed by atoms with van der Waals surface area (Å²) in [5, 5.41) is 25.7. The normalized spacial score (nSPS) is 13.0. The first-order chi connectivity index (χ1) is 12.8. The Morgan fingerprint density at radius 3 is 2.59 bits per heavy atom. The Hall–Kier alpha value is -2.19. The van der Waals surface area contributed by atoms with Gasteiger partial charge in [-0.25, -0.2) is 0 Å². The highest BCUT2D eigenvalue weighted by atomic mass is 35.5. The molecule has 2 unspecified atom stereocenters. The molecule has 0 radical (unpaired) electrons. The van der Waals surface area contributed by atoms with Crippen molar-refractivity contribution in [2.24, 2.45) is 5.92 Å². The molecule has 0 spiro atoms. The molecular formula is C18H26ClN3O5. The number of rotatable bonds is 12. The van der Waals surface area contributed by atoms with Gasteiger partial charge in [0.15, 0.2) is 0 Å². The number of anilines is 1. The van der Waals surface area contributed by atoms with Crippen LogP contribution in [0.15, 0.2) is 18.2 Å². The number of carbonyl (C=O) groups is 2. The average Bonchev–Trinajstić information content (AvgIpc) is 2.62. The Morgan fingerprint density at radius 1 is 1.33 bits per heavy atom. The second-order valence-electron chi connectivity index (χ2n) is 6.39. The summed E-state index contributed by atoms with van der Waals surface area (Å²) in [6.45, 7) is 4.66. The van der Waals surface area contributed by atoms with Crippen molar-refractivity contribution in [2.75, 3.05) is 11.9 Å². The number of carboxylic acids is 1. The molecule has 8 nitrogen and oxygen atoms in total. The highest BCUT2D eigenvalue weighted by Gasteiger charge is 2.23. The van der Waals surface area contributed by atoms with Gasteiger partial charge in [-0.2, -0.15) is 0 Å². The Morgan fingerprint density at radius 2 is 2.04 bits per heavy atom. The number of amides is 1. The number of carboxylic acid groups (broad SMARTS) is 1. The van der Waals surface area contributed by atoms with E-state index in [-0.39, 0.29) is 22.8 Å². The van der Waals surface area contributed by atoms with E-state index >= 15 is 0 Å². The number of halogens is 1. The van der Waals surface area contributed by atoms with Crippen molar-refractivity contribution in [1.29, 1.82) is 0 Å². The number of benzene rings is 1. The fraction of sp³-hybridized carbons (Fsp3) is 0.556. The molecule has 0 saturated carbocycles. The lowest BCUT2D eigenvalue weighted by atomic mass is 9.99. The van der Waals surface area contributed by atoms with Gasteiger partial charge >= 0.3 is 5.97 Å². The van der Waals surface area contributed by atoms with Gasteiger partial charge in [-0.05, 0) is 24.9 Å². The minimum Gasteiger partial charge on any atom is -0.480 e. The van der Waals surface area contributed by atoms with Gasteiger partial charge in [0.2, 0.25) is 5.91 Å². The summed E-state index contributed by atoms with van der Waals surface area (Å²) in [7, 11) is 0. The number of unbranched alkanes of at least 4 members (excludes halogenated alkanes) is 1. The number of nitro groups is 1. The quantitative estimate of drug-likeness (QED) is 0.362. The zero-order valence-corrected chi connectivity index (χ0v) is 16.3. The van der Waals surface area contributed by atoms with E-state index in [0.29, 0.717) is 12.5 Å². The predicted molar refractivity (Wildman–Crippen MR) is 104 cm³/mol. The smallest absolute Gasteiger partial charge is 0.321 e. The highest BCUT2D eigenvalue weighted by molar-refractivity contribution is 6.33. The molecule has 1 aromatic carbocycles. The first-order valence-electron chi connectivity index (χ1n) is 8.98. The van der Waals surface area contributed by atoms with Crippen molar-refractivity contribution >= 4 is 34.9 Å². The van der Waals surface area contributed by atoms with Crippen LogP contribution in [0.25, 0.3) is 0 Å². The fourth-order valence-corrected chi connectivity index (χ4v) is 2.77. The SMILES string of the molecule is CCCCC(CC)CNC(CC(=O)Nc1cc([N+](=O)[O-])ccc1Cl)C(=O)O. The van der Waals surface area contributed by atoms with Crippen molar-refractivity contribution in [1.82, 2.24) is 5.32 Å². The number of carbonyl (C=O) groups excluding carboxylic acids is 1. The zero-order chi connectivity index (χ0) is 20.4. The molecule has 0 aliphatic heterocycles. The third-order valence-electron chi connectivity index (χ3n) is 4.32. The maximum atomic E-state index is 12.2. The Bertz CT molecular complexity index is 668. The van der Waals surface area contributed by atoms with Gasteiger partial charge in [-0.15, -0.1) is 0 Å². The Labute approximate surface area is 163 Å². The lowest BCUT2D eigenvalue weighted by Gasteiger charge is -2.19. The molecule has 3 N–H and O–H groups in total. The van der Waals surface area contributed by atoms with Crippen LogP contribution in [0.4, 0.5) is 11.4 Å². The molecule has 2 atom stereocenters. The maximum absolute atomic E-state index is 12.2. The van der Waals surface area contributed by atoms with Crippen LogP contribution in [0, 0.1) is 16.0 Å². The number of nitrogens with zero attached hydrogens (tertiary/aromatic N) is 1. The molecule has 0 aliphatic rings. The summed E-state index contributed by atoms with van der Waals surface area (Å²) in [5.74, 6) is -1.36. The summed E-state index contributed by atoms with van der Waals surface area (Å²) in [6, 6.07) is 2.63. The lowest BCUT2D eigenvalue weighted by Crippen LogP contribution is -2.42. The molecule has 1 rings (SSSR count). The third-order valence-corrected chi connectivity index (χ3v) is 4.65. The van der Waals surface area contributed by atoms with E-state index in [2.05, 4.69) is 24.5 Å². The molecule has 1 amide bonds. The molecule has 0 saturated heterocycles. The molecular weight excluding hydrogens is 374 g/mol. The highest BCUT2D eigenvalue weighted by Crippen LogP contribution is 2.26. The summed E-state index contributed by atoms with van der Waals surface area (Å²) in [6.07, 6.45) is 3.77. The minimum atomic E-state index is -1.12. The van der Waals surface area contributed by atoms with Crippen molar-refractivity contribution in [3.8, 4) is 0 Å². The largest absolute Gasteiger partial charge is 0.480 e. The van der Waals surface area contributed by atoms with Crippen LogP contribution in [-0.2, 0) is 9.59 Å². The van der Waals surface area contributed by atoms with Gasteiger partial charge in [0.25, 0.3) is 5.69 Å². The molecule has 0 aromatic heterocycles. The summed E-state index contributed by atoms with van der Waals surface area (Å²) < 4.78 is 0. The summed E-state index contributed by atoms with van der Waals surface area (Å²) in [4.78, 5) is 33.9. The topological polar surface area (TPSA) is 122 Å². The van der Waals surface area contributed by atoms with Crippen LogP contribution in [0.2, 0.25) is 5.02 Å². The molecule has 0 fully saturated rings. The molecule has 1 aromatic rings. The molecule has 9 heteroatoms. The number of hydrogen-bond acceptors (Lipinski definition) is 5. The molecule has 0 aliphatic carbocycles. The van der Waals surface area contributed by atoms with E-state index in [4.69, 9.17) is 11.6 Å². The van der Waals surface area contributed by atoms with Crippen LogP contribution in [0.1, 0.15) is 46.0 Å². The average molecular weight is 400 g/mol. The minimum absolute atomic E-state index is 0.0781. The second-order valence-corrected chi connectivity index (χ2v) is 6.80. The molecule has 0 heterocycles. The van der Waals surface area contributed by atoms with Crippen LogP contribution in [0.3, 0.4) is 0 Å². The number of hydrogen-bond donors (Lipinski definition) is 3. The first kappa shape index (κ1) is 22.9. The van der Waals surface area contributed by atoms with Crippen molar-refractivity contribution in [3.63, 3.8) is 0 Å². The standard InChI is InChI=1S/C18H26ClN3O5/c1-3-5-6-12(4-2)11-20-16(18(24)25)10-17(23)21-15-9-13(22(26)27)7-8-14(15)19/h7-9,12,16,20H,3-6,10-11H2,1-2H3,(H,21,23)(H,24,25). The zero-order valence-electron chi connectivity index (χ0n) is 15.5. The first-order valence-corrected chi connectivity index (χ1v) is 9.36. The van der Waals surface area contributed by atoms with Gasteiger partial charge in [0.1, 0.15) is 6.04 Å². The van der Waals surface area contributed by atoms with Gasteiger partial charge in [0, 0.05) is 12.1 Å². The van der Waals surface area contributed by atoms with E-state index in [1.54, 1.807) is 0 Å². The van der Waals surface area contributed by atoms with Crippen molar-refractivity contribution < 1.29 is 19.6 Å². The van der Waals surface area contributed by atoms with Crippen molar-refractivity contribution in [2.45, 2.75) is 52.0 Å². The van der Waals surface area contributed by atoms with Gasteiger partial charge in [0.05, 0.1) is 22.1 Å². The van der Waals surface area contributed by atoms with Crippen LogP contribution >= 0.6 is 11.6 Å². The third kappa shape index (κ3) is 7.92. The number of nitrogens with one attached hydrogen (secondary N) is 2. The van der Waals surface area contributed by atoms with E-state index in [1.807, 2.05) is 0 Å². The number of aliphatic carboxylic acids is 1. The molecule has 27 heavy (non-hydrogen) atoms. The van der Waals surface area contributed by atoms with E-state index < -0.39 is 22.8 Å². The predicted octanol–water partition coefficient (Wildman–Crippen LogP) is 3.84. The van der Waals surface area contributed by atoms with Crippen LogP contribution < -0.4 is 10.6 Å². The van der Waals surface area contributed by atoms with E-state index in [1.165, 1.54) is 12.1 Å². The number of non-ortho nitro benzene ring substituents is 1. The van der Waals surface area contributed by atoms with Crippen LogP contribution in [-0.4, -0.2) is 34.5 Å². The monoisotopic (exact) mass is 399 g/mol. The molecule has 0 bridgehead atoms. The fourth-order valence-electron chi connectivity index (χ4n) is 2.61. The summed E-state index contributed by atoms with van der Waals surface area (Å²) >= 11 is 5.94. The number of nitro benzene ring substituents is 1. The van der Waals surface area contributed by atoms with Gasteiger partial charge in [-0.3, -0.25) is 19.7 Å². The second kappa shape index (κ2) is 11.5. The maximum Gasteiger partial charge on any atom is 0.321 e. The van der Waals surface area contributed by atoms with E-state index in [9.17, 15) is 24.8 Å². The van der Waals surface area contributed by atoms with Crippen molar-refractivity contribution in [3.05, 3.63) is 33.3 Å². The molecule has 150 valence electrons. The summed E-state index contributed by atoms with van der Waals surface area (Å²) in [5.41, 5.74) is -0.140.